The highest BCUT2D eigenvalue weighted by molar-refractivity contribution is 9.09. The standard InChI is InChI=1S/C9H17BrF3NO3S/c1-17-7-8(10)3-5-14-18(15,16)6-2-4-9(11,12)13/h8,14H,2-7H2,1H3. The SMILES string of the molecule is COCC(Br)CCNS(=O)(=O)CCCC(F)(F)F. The fraction of sp³-hybridized carbons (Fsp3) is 1.00. The Hall–Kier alpha value is 0.140. The smallest absolute Gasteiger partial charge is 0.384 e. The molecule has 0 saturated heterocycles. The Morgan fingerprint density at radius 3 is 2.50 bits per heavy atom. The minimum Gasteiger partial charge on any atom is -0.384 e. The van der Waals surface area contributed by atoms with Gasteiger partial charge in [-0.2, -0.15) is 13.2 Å². The predicted octanol–water partition coefficient (Wildman–Crippen LogP) is 2.05. The molecule has 0 rings (SSSR count). The molecule has 9 heteroatoms. The van der Waals surface area contributed by atoms with Gasteiger partial charge in [0.25, 0.3) is 0 Å². The van der Waals surface area contributed by atoms with Gasteiger partial charge in [-0.3, -0.25) is 0 Å². The number of alkyl halides is 4. The Labute approximate surface area is 113 Å². The third-order valence-corrected chi connectivity index (χ3v) is 4.19. The lowest BCUT2D eigenvalue weighted by molar-refractivity contribution is -0.134. The fourth-order valence-electron chi connectivity index (χ4n) is 1.17. The van der Waals surface area contributed by atoms with Gasteiger partial charge in [0.2, 0.25) is 10.0 Å². The Balaban J connectivity index is 3.81. The summed E-state index contributed by atoms with van der Waals surface area (Å²) in [6, 6.07) is 0. The number of nitrogens with one attached hydrogen (secondary N) is 1. The Morgan fingerprint density at radius 2 is 2.00 bits per heavy atom. The van der Waals surface area contributed by atoms with E-state index in [0.717, 1.165) is 0 Å². The van der Waals surface area contributed by atoms with Gasteiger partial charge < -0.3 is 4.74 Å². The first kappa shape index (κ1) is 18.1. The van der Waals surface area contributed by atoms with Gasteiger partial charge in [-0.15, -0.1) is 0 Å². The topological polar surface area (TPSA) is 55.4 Å². The van der Waals surface area contributed by atoms with Gasteiger partial charge in [-0.05, 0) is 12.8 Å². The molecule has 1 atom stereocenters. The van der Waals surface area contributed by atoms with Crippen molar-refractivity contribution in [1.29, 1.82) is 0 Å². The lowest BCUT2D eigenvalue weighted by Gasteiger charge is -2.10. The molecule has 0 fully saturated rings. The Morgan fingerprint density at radius 1 is 1.39 bits per heavy atom. The summed E-state index contributed by atoms with van der Waals surface area (Å²) in [7, 11) is -2.10. The minimum absolute atomic E-state index is 0.0142. The van der Waals surface area contributed by atoms with Crippen molar-refractivity contribution in [2.45, 2.75) is 30.3 Å². The molecule has 0 aromatic heterocycles. The van der Waals surface area contributed by atoms with E-state index in [1.165, 1.54) is 7.11 Å². The van der Waals surface area contributed by atoms with Crippen molar-refractivity contribution < 1.29 is 26.3 Å². The molecule has 18 heavy (non-hydrogen) atoms. The van der Waals surface area contributed by atoms with E-state index in [2.05, 4.69) is 20.7 Å². The van der Waals surface area contributed by atoms with Crippen molar-refractivity contribution in [2.75, 3.05) is 26.0 Å². The number of methoxy groups -OCH3 is 1. The normalized spacial score (nSPS) is 14.7. The lowest BCUT2D eigenvalue weighted by Crippen LogP contribution is -2.29. The fourth-order valence-corrected chi connectivity index (χ4v) is 2.76. The van der Waals surface area contributed by atoms with Gasteiger partial charge in [0, 0.05) is 24.9 Å². The highest BCUT2D eigenvalue weighted by atomic mass is 79.9. The van der Waals surface area contributed by atoms with Crippen LogP contribution in [-0.2, 0) is 14.8 Å². The van der Waals surface area contributed by atoms with Crippen LogP contribution in [0.1, 0.15) is 19.3 Å². The number of sulfonamides is 1. The summed E-state index contributed by atoms with van der Waals surface area (Å²) in [5.74, 6) is -0.510. The van der Waals surface area contributed by atoms with Crippen molar-refractivity contribution >= 4 is 26.0 Å². The van der Waals surface area contributed by atoms with Crippen LogP contribution >= 0.6 is 15.9 Å². The van der Waals surface area contributed by atoms with E-state index in [4.69, 9.17) is 4.74 Å². The van der Waals surface area contributed by atoms with Gasteiger partial charge in [0.05, 0.1) is 12.4 Å². The van der Waals surface area contributed by atoms with Crippen LogP contribution in [0.2, 0.25) is 0 Å². The number of ether oxygens (including phenoxy) is 1. The molecule has 0 spiro atoms. The van der Waals surface area contributed by atoms with Crippen LogP contribution in [0.4, 0.5) is 13.2 Å². The summed E-state index contributed by atoms with van der Waals surface area (Å²) < 4.78 is 65.3. The molecule has 1 N–H and O–H groups in total. The molecule has 0 heterocycles. The molecular formula is C9H17BrF3NO3S. The van der Waals surface area contributed by atoms with Crippen molar-refractivity contribution in [3.05, 3.63) is 0 Å². The highest BCUT2D eigenvalue weighted by Crippen LogP contribution is 2.21. The molecule has 1 unspecified atom stereocenters. The molecule has 0 aliphatic rings. The maximum Gasteiger partial charge on any atom is 0.389 e. The second-order valence-electron chi connectivity index (χ2n) is 3.77. The first-order valence-corrected chi connectivity index (χ1v) is 7.90. The van der Waals surface area contributed by atoms with E-state index in [9.17, 15) is 21.6 Å². The number of halogens is 4. The van der Waals surface area contributed by atoms with E-state index in [-0.39, 0.29) is 11.4 Å². The van der Waals surface area contributed by atoms with Crippen LogP contribution in [0, 0.1) is 0 Å². The minimum atomic E-state index is -4.31. The monoisotopic (exact) mass is 355 g/mol. The molecule has 0 amide bonds. The third-order valence-electron chi connectivity index (χ3n) is 2.00. The van der Waals surface area contributed by atoms with Crippen molar-refractivity contribution in [2.24, 2.45) is 0 Å². The van der Waals surface area contributed by atoms with E-state index in [1.807, 2.05) is 0 Å². The zero-order chi connectivity index (χ0) is 14.2. The summed E-state index contributed by atoms with van der Waals surface area (Å²) in [5, 5.41) is 0. The summed E-state index contributed by atoms with van der Waals surface area (Å²) in [6.45, 7) is 0.615. The molecule has 0 radical (unpaired) electrons. The van der Waals surface area contributed by atoms with Gasteiger partial charge >= 0.3 is 6.18 Å². The maximum absolute atomic E-state index is 11.8. The molecule has 0 bridgehead atoms. The maximum atomic E-state index is 11.8. The second kappa shape index (κ2) is 8.34. The van der Waals surface area contributed by atoms with Gasteiger partial charge in [-0.1, -0.05) is 15.9 Å². The largest absolute Gasteiger partial charge is 0.389 e. The van der Waals surface area contributed by atoms with Gasteiger partial charge in [0.1, 0.15) is 0 Å². The van der Waals surface area contributed by atoms with E-state index >= 15 is 0 Å². The lowest BCUT2D eigenvalue weighted by atomic mass is 10.3. The zero-order valence-electron chi connectivity index (χ0n) is 9.96. The van der Waals surface area contributed by atoms with Gasteiger partial charge in [0.15, 0.2) is 0 Å². The molecule has 0 aromatic rings. The molecule has 110 valence electrons. The van der Waals surface area contributed by atoms with Crippen molar-refractivity contribution in [1.82, 2.24) is 4.72 Å². The summed E-state index contributed by atoms with van der Waals surface area (Å²) >= 11 is 3.28. The summed E-state index contributed by atoms with van der Waals surface area (Å²) in [6.07, 6.45) is -5.31. The van der Waals surface area contributed by atoms with Crippen molar-refractivity contribution in [3.63, 3.8) is 0 Å². The average Bonchev–Trinajstić information content (AvgIpc) is 2.14. The second-order valence-corrected chi connectivity index (χ2v) is 6.99. The molecule has 0 aromatic carbocycles. The number of hydrogen-bond donors (Lipinski definition) is 1. The number of hydrogen-bond acceptors (Lipinski definition) is 3. The van der Waals surface area contributed by atoms with Crippen LogP contribution in [0.3, 0.4) is 0 Å². The van der Waals surface area contributed by atoms with E-state index < -0.39 is 34.8 Å². The van der Waals surface area contributed by atoms with E-state index in [0.29, 0.717) is 13.0 Å². The van der Waals surface area contributed by atoms with Gasteiger partial charge in [-0.25, -0.2) is 13.1 Å². The van der Waals surface area contributed by atoms with Crippen LogP contribution in [-0.4, -0.2) is 45.4 Å². The van der Waals surface area contributed by atoms with Crippen LogP contribution in [0.15, 0.2) is 0 Å². The quantitative estimate of drug-likeness (QED) is 0.644. The Bertz CT molecular complexity index is 322. The first-order chi connectivity index (χ1) is 8.16. The molecule has 0 aliphatic heterocycles. The average molecular weight is 356 g/mol. The van der Waals surface area contributed by atoms with Crippen LogP contribution < -0.4 is 4.72 Å². The molecule has 0 aliphatic carbocycles. The third kappa shape index (κ3) is 11.2. The molecule has 4 nitrogen and oxygen atoms in total. The summed E-state index contributed by atoms with van der Waals surface area (Å²) in [4.78, 5) is 0.0142. The summed E-state index contributed by atoms with van der Waals surface area (Å²) in [5.41, 5.74) is 0. The molecule has 0 saturated carbocycles. The van der Waals surface area contributed by atoms with Crippen LogP contribution in [0.5, 0.6) is 0 Å². The highest BCUT2D eigenvalue weighted by Gasteiger charge is 2.27. The Kier molecular flexibility index (Phi) is 8.40. The zero-order valence-corrected chi connectivity index (χ0v) is 12.4. The number of rotatable bonds is 9. The molecular weight excluding hydrogens is 339 g/mol. The predicted molar refractivity (Wildman–Crippen MR) is 66.3 cm³/mol. The van der Waals surface area contributed by atoms with E-state index in [1.54, 1.807) is 0 Å². The van der Waals surface area contributed by atoms with Crippen molar-refractivity contribution in [3.8, 4) is 0 Å². The van der Waals surface area contributed by atoms with Crippen LogP contribution in [0.25, 0.3) is 0 Å². The first-order valence-electron chi connectivity index (χ1n) is 5.33.